The number of nitrogens with one attached hydrogen (secondary N) is 2. The minimum Gasteiger partial charge on any atom is -0.497 e. The average Bonchev–Trinajstić information content (AvgIpc) is 2.55. The Morgan fingerprint density at radius 1 is 0.818 bits per heavy atom. The number of rotatable bonds is 5. The lowest BCUT2D eigenvalue weighted by Crippen LogP contribution is -2.20. The van der Waals surface area contributed by atoms with E-state index < -0.39 is 6.03 Å². The number of anilines is 2. The summed E-state index contributed by atoms with van der Waals surface area (Å²) < 4.78 is 15.5. The summed E-state index contributed by atoms with van der Waals surface area (Å²) in [5.41, 5.74) is 1.12. The molecule has 0 aliphatic carbocycles. The molecule has 116 valence electrons. The van der Waals surface area contributed by atoms with E-state index in [4.69, 9.17) is 14.2 Å². The van der Waals surface area contributed by atoms with Crippen LogP contribution >= 0.6 is 0 Å². The van der Waals surface area contributed by atoms with Crippen molar-refractivity contribution in [2.75, 3.05) is 32.0 Å². The van der Waals surface area contributed by atoms with Gasteiger partial charge < -0.3 is 24.8 Å². The molecule has 0 unspecified atom stereocenters. The van der Waals surface area contributed by atoms with Gasteiger partial charge in [0.1, 0.15) is 22.9 Å². The summed E-state index contributed by atoms with van der Waals surface area (Å²) in [6, 6.07) is 11.9. The zero-order valence-corrected chi connectivity index (χ0v) is 12.7. The molecule has 2 rings (SSSR count). The molecule has 6 heteroatoms. The van der Waals surface area contributed by atoms with Gasteiger partial charge in [0.2, 0.25) is 0 Å². The van der Waals surface area contributed by atoms with Gasteiger partial charge in [-0.25, -0.2) is 4.79 Å². The molecule has 22 heavy (non-hydrogen) atoms. The number of carbonyl (C=O) groups excluding carboxylic acids is 1. The Labute approximate surface area is 129 Å². The summed E-state index contributed by atoms with van der Waals surface area (Å²) in [6.45, 7) is 0. The van der Waals surface area contributed by atoms with Gasteiger partial charge >= 0.3 is 6.03 Å². The molecule has 2 N–H and O–H groups in total. The molecule has 0 radical (unpaired) electrons. The normalized spacial score (nSPS) is 9.77. The van der Waals surface area contributed by atoms with Crippen molar-refractivity contribution in [1.29, 1.82) is 0 Å². The Kier molecular flexibility index (Phi) is 5.08. The van der Waals surface area contributed by atoms with Gasteiger partial charge in [-0.1, -0.05) is 6.07 Å². The van der Waals surface area contributed by atoms with Gasteiger partial charge in [-0.2, -0.15) is 0 Å². The molecule has 0 heterocycles. The van der Waals surface area contributed by atoms with Gasteiger partial charge in [-0.15, -0.1) is 0 Å². The lowest BCUT2D eigenvalue weighted by Gasteiger charge is -2.14. The fourth-order valence-corrected chi connectivity index (χ4v) is 1.92. The lowest BCUT2D eigenvalue weighted by molar-refractivity contribution is 0.262. The van der Waals surface area contributed by atoms with E-state index in [2.05, 4.69) is 10.6 Å². The van der Waals surface area contributed by atoms with Crippen LogP contribution in [0.5, 0.6) is 17.2 Å². The Morgan fingerprint density at radius 3 is 1.91 bits per heavy atom. The summed E-state index contributed by atoms with van der Waals surface area (Å²) in [5.74, 6) is 1.76. The highest BCUT2D eigenvalue weighted by molar-refractivity contribution is 6.01. The zero-order valence-electron chi connectivity index (χ0n) is 12.7. The molecule has 0 saturated heterocycles. The van der Waals surface area contributed by atoms with E-state index in [0.29, 0.717) is 22.9 Å². The third-order valence-electron chi connectivity index (χ3n) is 3.01. The molecule has 0 saturated carbocycles. The van der Waals surface area contributed by atoms with E-state index in [0.717, 1.165) is 5.75 Å². The highest BCUT2D eigenvalue weighted by Crippen LogP contribution is 2.34. The second kappa shape index (κ2) is 7.21. The number of methoxy groups -OCH3 is 3. The van der Waals surface area contributed by atoms with Gasteiger partial charge in [0.25, 0.3) is 0 Å². The first-order chi connectivity index (χ1) is 10.7. The molecule has 0 fully saturated rings. The van der Waals surface area contributed by atoms with Crippen molar-refractivity contribution < 1.29 is 19.0 Å². The summed E-state index contributed by atoms with van der Waals surface area (Å²) in [5, 5.41) is 5.45. The largest absolute Gasteiger partial charge is 0.497 e. The predicted molar refractivity (Wildman–Crippen MR) is 85.2 cm³/mol. The van der Waals surface area contributed by atoms with E-state index in [1.807, 2.05) is 0 Å². The van der Waals surface area contributed by atoms with Crippen molar-refractivity contribution in [2.24, 2.45) is 0 Å². The maximum Gasteiger partial charge on any atom is 0.323 e. The fraction of sp³-hybridized carbons (Fsp3) is 0.188. The van der Waals surface area contributed by atoms with Crippen molar-refractivity contribution in [3.8, 4) is 17.2 Å². The number of urea groups is 1. The van der Waals surface area contributed by atoms with Crippen molar-refractivity contribution >= 4 is 17.4 Å². The summed E-state index contributed by atoms with van der Waals surface area (Å²) >= 11 is 0. The van der Waals surface area contributed by atoms with E-state index in [9.17, 15) is 4.79 Å². The molecule has 2 amide bonds. The third kappa shape index (κ3) is 3.60. The molecule has 0 atom stereocenters. The Bertz CT molecular complexity index is 619. The fourth-order valence-electron chi connectivity index (χ4n) is 1.92. The second-order valence-electron chi connectivity index (χ2n) is 4.35. The van der Waals surface area contributed by atoms with Crippen LogP contribution in [0, 0.1) is 0 Å². The van der Waals surface area contributed by atoms with Gasteiger partial charge in [-0.3, -0.25) is 0 Å². The van der Waals surface area contributed by atoms with Crippen LogP contribution in [0.2, 0.25) is 0 Å². The number of para-hydroxylation sites is 1. The van der Waals surface area contributed by atoms with Crippen LogP contribution in [-0.2, 0) is 0 Å². The van der Waals surface area contributed by atoms with Gasteiger partial charge in [-0.05, 0) is 36.4 Å². The van der Waals surface area contributed by atoms with Crippen LogP contribution < -0.4 is 24.8 Å². The minimum absolute atomic E-state index is 0.395. The Morgan fingerprint density at radius 2 is 1.41 bits per heavy atom. The first-order valence-electron chi connectivity index (χ1n) is 6.61. The van der Waals surface area contributed by atoms with Gasteiger partial charge in [0.15, 0.2) is 0 Å². The van der Waals surface area contributed by atoms with Crippen molar-refractivity contribution in [3.05, 3.63) is 42.5 Å². The highest BCUT2D eigenvalue weighted by atomic mass is 16.5. The molecule has 6 nitrogen and oxygen atoms in total. The van der Waals surface area contributed by atoms with Crippen LogP contribution in [-0.4, -0.2) is 27.4 Å². The van der Waals surface area contributed by atoms with E-state index in [1.54, 1.807) is 49.6 Å². The van der Waals surface area contributed by atoms with E-state index in [1.165, 1.54) is 14.2 Å². The topological polar surface area (TPSA) is 68.8 Å². The first kappa shape index (κ1) is 15.5. The maximum atomic E-state index is 12.1. The maximum absolute atomic E-state index is 12.1. The SMILES string of the molecule is COc1ccc(NC(=O)Nc2c(OC)cccc2OC)cc1. The van der Waals surface area contributed by atoms with Crippen molar-refractivity contribution in [2.45, 2.75) is 0 Å². The van der Waals surface area contributed by atoms with Crippen LogP contribution in [0.1, 0.15) is 0 Å². The van der Waals surface area contributed by atoms with Crippen LogP contribution in [0.3, 0.4) is 0 Å². The number of carbonyl (C=O) groups is 1. The molecular weight excluding hydrogens is 284 g/mol. The van der Waals surface area contributed by atoms with Crippen molar-refractivity contribution in [3.63, 3.8) is 0 Å². The molecule has 0 aliphatic heterocycles. The van der Waals surface area contributed by atoms with Crippen molar-refractivity contribution in [1.82, 2.24) is 0 Å². The molecule has 0 aliphatic rings. The van der Waals surface area contributed by atoms with Crippen LogP contribution in [0.15, 0.2) is 42.5 Å². The Hall–Kier alpha value is -2.89. The third-order valence-corrected chi connectivity index (χ3v) is 3.01. The summed E-state index contributed by atoms with van der Waals surface area (Å²) in [7, 11) is 4.64. The smallest absolute Gasteiger partial charge is 0.323 e. The number of benzene rings is 2. The van der Waals surface area contributed by atoms with E-state index >= 15 is 0 Å². The number of amides is 2. The molecule has 0 spiro atoms. The second-order valence-corrected chi connectivity index (χ2v) is 4.35. The van der Waals surface area contributed by atoms with Gasteiger partial charge in [0, 0.05) is 5.69 Å². The van der Waals surface area contributed by atoms with Crippen LogP contribution in [0.4, 0.5) is 16.2 Å². The van der Waals surface area contributed by atoms with Gasteiger partial charge in [0.05, 0.1) is 21.3 Å². The first-order valence-corrected chi connectivity index (χ1v) is 6.61. The van der Waals surface area contributed by atoms with E-state index in [-0.39, 0.29) is 0 Å². The lowest BCUT2D eigenvalue weighted by atomic mass is 10.2. The minimum atomic E-state index is -0.395. The standard InChI is InChI=1S/C16H18N2O4/c1-20-12-9-7-11(8-10-12)17-16(19)18-15-13(21-2)5-4-6-14(15)22-3/h4-10H,1-3H3,(H2,17,18,19). The summed E-state index contributed by atoms with van der Waals surface area (Å²) in [4.78, 5) is 12.1. The average molecular weight is 302 g/mol. The highest BCUT2D eigenvalue weighted by Gasteiger charge is 2.13. The van der Waals surface area contributed by atoms with Crippen LogP contribution in [0.25, 0.3) is 0 Å². The molecule has 0 bridgehead atoms. The monoisotopic (exact) mass is 302 g/mol. The molecular formula is C16H18N2O4. The molecule has 2 aromatic rings. The summed E-state index contributed by atoms with van der Waals surface area (Å²) in [6.07, 6.45) is 0. The Balaban J connectivity index is 2.11. The number of hydrogen-bond donors (Lipinski definition) is 2. The molecule has 2 aromatic carbocycles. The quantitative estimate of drug-likeness (QED) is 0.888. The molecule has 0 aromatic heterocycles. The number of hydrogen-bond acceptors (Lipinski definition) is 4. The number of ether oxygens (including phenoxy) is 3. The zero-order chi connectivity index (χ0) is 15.9. The predicted octanol–water partition coefficient (Wildman–Crippen LogP) is 3.36.